The van der Waals surface area contributed by atoms with Gasteiger partial charge in [-0.05, 0) is 78.3 Å². The SMILES string of the molecule is COc1ccc(CCC[C@H](CC(=O)NO)C(=O)N[C@@H](Cc2c[nH]c3ccccc23)C(=O)NCCc2cccc(OCc3ccccc3)c2)cc1. The number of carbonyl (C=O) groups is 3. The molecule has 0 bridgehead atoms. The Labute approximate surface area is 292 Å². The molecular weight excluding hydrogens is 632 g/mol. The third-order valence-corrected chi connectivity index (χ3v) is 8.70. The van der Waals surface area contributed by atoms with Crippen LogP contribution < -0.4 is 25.6 Å². The Kier molecular flexibility index (Phi) is 13.0. The topological polar surface area (TPSA) is 142 Å². The van der Waals surface area contributed by atoms with Crippen molar-refractivity contribution in [2.45, 2.75) is 51.2 Å². The van der Waals surface area contributed by atoms with Crippen LogP contribution in [0.2, 0.25) is 0 Å². The van der Waals surface area contributed by atoms with Gasteiger partial charge < -0.3 is 25.1 Å². The van der Waals surface area contributed by atoms with Crippen molar-refractivity contribution in [2.75, 3.05) is 13.7 Å². The van der Waals surface area contributed by atoms with Gasteiger partial charge in [-0.25, -0.2) is 5.48 Å². The lowest BCUT2D eigenvalue weighted by Gasteiger charge is -2.22. The molecular formula is C40H44N4O6. The minimum Gasteiger partial charge on any atom is -0.497 e. The Morgan fingerprint density at radius 2 is 1.56 bits per heavy atom. The van der Waals surface area contributed by atoms with Crippen LogP contribution in [0, 0.1) is 5.92 Å². The molecule has 1 heterocycles. The molecule has 2 atom stereocenters. The highest BCUT2D eigenvalue weighted by molar-refractivity contribution is 5.91. The Hall–Kier alpha value is -5.61. The highest BCUT2D eigenvalue weighted by Crippen LogP contribution is 2.21. The minimum absolute atomic E-state index is 0.213. The molecule has 4 aromatic carbocycles. The Balaban J connectivity index is 1.24. The third kappa shape index (κ3) is 10.4. The number of amides is 3. The smallest absolute Gasteiger partial charge is 0.244 e. The van der Waals surface area contributed by atoms with Gasteiger partial charge in [-0.1, -0.05) is 72.8 Å². The fourth-order valence-corrected chi connectivity index (χ4v) is 5.94. The minimum atomic E-state index is -0.900. The number of benzene rings is 4. The van der Waals surface area contributed by atoms with Gasteiger partial charge in [0.1, 0.15) is 24.1 Å². The van der Waals surface area contributed by atoms with Gasteiger partial charge in [0.25, 0.3) is 0 Å². The molecule has 10 heteroatoms. The summed E-state index contributed by atoms with van der Waals surface area (Å²) in [5, 5.41) is 16.1. The lowest BCUT2D eigenvalue weighted by Crippen LogP contribution is -2.50. The molecule has 260 valence electrons. The molecule has 0 radical (unpaired) electrons. The van der Waals surface area contributed by atoms with Crippen molar-refractivity contribution in [1.29, 1.82) is 0 Å². The first-order valence-electron chi connectivity index (χ1n) is 16.9. The number of H-pyrrole nitrogens is 1. The quantitative estimate of drug-likeness (QED) is 0.0598. The van der Waals surface area contributed by atoms with Crippen molar-refractivity contribution in [3.8, 4) is 11.5 Å². The average Bonchev–Trinajstić information content (AvgIpc) is 3.56. The van der Waals surface area contributed by atoms with Crippen LogP contribution in [-0.4, -0.2) is 47.6 Å². The normalized spacial score (nSPS) is 12.1. The van der Waals surface area contributed by atoms with E-state index in [0.29, 0.717) is 38.8 Å². The Bertz CT molecular complexity index is 1840. The summed E-state index contributed by atoms with van der Waals surface area (Å²) in [6, 6.07) is 32.3. The van der Waals surface area contributed by atoms with E-state index < -0.39 is 23.8 Å². The maximum atomic E-state index is 13.7. The van der Waals surface area contributed by atoms with Crippen molar-refractivity contribution < 1.29 is 29.1 Å². The molecule has 0 spiro atoms. The van der Waals surface area contributed by atoms with E-state index in [1.165, 1.54) is 0 Å². The number of rotatable bonds is 18. The Morgan fingerprint density at radius 3 is 2.34 bits per heavy atom. The van der Waals surface area contributed by atoms with Crippen LogP contribution in [0.5, 0.6) is 11.5 Å². The molecule has 1 aromatic heterocycles. The van der Waals surface area contributed by atoms with Crippen LogP contribution >= 0.6 is 0 Å². The molecule has 0 aliphatic carbocycles. The summed E-state index contributed by atoms with van der Waals surface area (Å²) >= 11 is 0. The number of hydrogen-bond donors (Lipinski definition) is 5. The van der Waals surface area contributed by atoms with Crippen LogP contribution in [0.15, 0.2) is 109 Å². The molecule has 0 saturated carbocycles. The van der Waals surface area contributed by atoms with Gasteiger partial charge in [-0.15, -0.1) is 0 Å². The summed E-state index contributed by atoms with van der Waals surface area (Å²) in [4.78, 5) is 42.9. The molecule has 5 aromatic rings. The molecule has 50 heavy (non-hydrogen) atoms. The number of methoxy groups -OCH3 is 1. The second-order valence-corrected chi connectivity index (χ2v) is 12.3. The number of ether oxygens (including phenoxy) is 2. The standard InChI is InChI=1S/C40H44N4O6/c1-49-33-19-17-28(18-20-33)11-7-13-31(25-38(45)44-48)39(46)43-37(24-32-26-42-36-16-6-5-15-35(32)36)40(47)41-22-21-29-12-8-14-34(23-29)50-27-30-9-3-2-4-10-30/h2-6,8-10,12,14-20,23,26,31,37,42,48H,7,11,13,21-22,24-25,27H2,1H3,(H,41,47)(H,43,46)(H,44,45)/t31-,37+/m1/s1. The van der Waals surface area contributed by atoms with Gasteiger partial charge in [0.05, 0.1) is 7.11 Å². The van der Waals surface area contributed by atoms with Crippen LogP contribution in [0.25, 0.3) is 10.9 Å². The lowest BCUT2D eigenvalue weighted by molar-refractivity contribution is -0.136. The molecule has 3 amide bonds. The van der Waals surface area contributed by atoms with Crippen LogP contribution in [0.3, 0.4) is 0 Å². The molecule has 5 N–H and O–H groups in total. The molecule has 0 aliphatic heterocycles. The first kappa shape index (κ1) is 35.7. The predicted octanol–water partition coefficient (Wildman–Crippen LogP) is 5.68. The summed E-state index contributed by atoms with van der Waals surface area (Å²) in [6.45, 7) is 0.804. The van der Waals surface area contributed by atoms with Crippen LogP contribution in [-0.2, 0) is 40.3 Å². The fraction of sp³-hybridized carbons (Fsp3) is 0.275. The lowest BCUT2D eigenvalue weighted by atomic mass is 9.94. The summed E-state index contributed by atoms with van der Waals surface area (Å²) in [7, 11) is 1.61. The largest absolute Gasteiger partial charge is 0.497 e. The highest BCUT2D eigenvalue weighted by Gasteiger charge is 2.28. The van der Waals surface area contributed by atoms with Gasteiger partial charge in [-0.2, -0.15) is 0 Å². The number of nitrogens with one attached hydrogen (secondary N) is 4. The van der Waals surface area contributed by atoms with Gasteiger partial charge in [-0.3, -0.25) is 19.6 Å². The maximum Gasteiger partial charge on any atom is 0.244 e. The number of aromatic nitrogens is 1. The number of aryl methyl sites for hydroxylation is 1. The monoisotopic (exact) mass is 676 g/mol. The average molecular weight is 677 g/mol. The van der Waals surface area contributed by atoms with E-state index >= 15 is 0 Å². The van der Waals surface area contributed by atoms with Gasteiger partial charge in [0.15, 0.2) is 0 Å². The molecule has 5 rings (SSSR count). The van der Waals surface area contributed by atoms with Crippen LogP contribution in [0.4, 0.5) is 0 Å². The number of hydrogen-bond acceptors (Lipinski definition) is 6. The first-order chi connectivity index (χ1) is 24.4. The van der Waals surface area contributed by atoms with Gasteiger partial charge in [0.2, 0.25) is 17.7 Å². The fourth-order valence-electron chi connectivity index (χ4n) is 5.94. The zero-order chi connectivity index (χ0) is 35.1. The number of aromatic amines is 1. The molecule has 10 nitrogen and oxygen atoms in total. The van der Waals surface area contributed by atoms with Gasteiger partial charge >= 0.3 is 0 Å². The van der Waals surface area contributed by atoms with E-state index in [0.717, 1.165) is 44.7 Å². The van der Waals surface area contributed by atoms with E-state index in [-0.39, 0.29) is 18.7 Å². The second kappa shape index (κ2) is 18.2. The number of para-hydroxylation sites is 1. The van der Waals surface area contributed by atoms with Crippen molar-refractivity contribution >= 4 is 28.6 Å². The summed E-state index contributed by atoms with van der Waals surface area (Å²) in [5.74, 6) is -0.673. The predicted molar refractivity (Wildman–Crippen MR) is 192 cm³/mol. The molecule has 0 aliphatic rings. The van der Waals surface area contributed by atoms with E-state index in [2.05, 4.69) is 15.6 Å². The highest BCUT2D eigenvalue weighted by atomic mass is 16.5. The molecule has 0 unspecified atom stereocenters. The van der Waals surface area contributed by atoms with E-state index in [1.54, 1.807) is 12.6 Å². The molecule has 0 fully saturated rings. The van der Waals surface area contributed by atoms with E-state index in [1.807, 2.05) is 109 Å². The summed E-state index contributed by atoms with van der Waals surface area (Å²) in [5.41, 5.74) is 6.60. The maximum absolute atomic E-state index is 13.7. The van der Waals surface area contributed by atoms with Crippen molar-refractivity contribution in [3.63, 3.8) is 0 Å². The van der Waals surface area contributed by atoms with Crippen molar-refractivity contribution in [1.82, 2.24) is 21.1 Å². The summed E-state index contributed by atoms with van der Waals surface area (Å²) in [6.07, 6.45) is 4.14. The number of carbonyl (C=O) groups excluding carboxylic acids is 3. The second-order valence-electron chi connectivity index (χ2n) is 12.3. The third-order valence-electron chi connectivity index (χ3n) is 8.70. The zero-order valence-electron chi connectivity index (χ0n) is 28.2. The number of fused-ring (bicyclic) bond motifs is 1. The number of hydroxylamine groups is 1. The summed E-state index contributed by atoms with van der Waals surface area (Å²) < 4.78 is 11.2. The van der Waals surface area contributed by atoms with E-state index in [4.69, 9.17) is 9.47 Å². The van der Waals surface area contributed by atoms with Gasteiger partial charge in [0, 0.05) is 42.4 Å². The Morgan fingerprint density at radius 1 is 0.800 bits per heavy atom. The van der Waals surface area contributed by atoms with Crippen molar-refractivity contribution in [3.05, 3.63) is 132 Å². The zero-order valence-corrected chi connectivity index (χ0v) is 28.2. The first-order valence-corrected chi connectivity index (χ1v) is 16.9. The van der Waals surface area contributed by atoms with Crippen molar-refractivity contribution in [2.24, 2.45) is 5.92 Å². The van der Waals surface area contributed by atoms with Crippen LogP contribution in [0.1, 0.15) is 41.5 Å². The van der Waals surface area contributed by atoms with E-state index in [9.17, 15) is 19.6 Å². The molecule has 0 saturated heterocycles.